The maximum absolute atomic E-state index is 13.3. The predicted molar refractivity (Wildman–Crippen MR) is 138 cm³/mol. The summed E-state index contributed by atoms with van der Waals surface area (Å²) in [6.07, 6.45) is 0. The molecule has 0 aromatic heterocycles. The second-order valence-electron chi connectivity index (χ2n) is 8.74. The molecule has 7 heteroatoms. The molecule has 0 radical (unpaired) electrons. The number of aliphatic hydroxyl groups is 1. The number of esters is 1. The van der Waals surface area contributed by atoms with Gasteiger partial charge in [-0.05, 0) is 47.6 Å². The number of rotatable bonds is 8. The number of likely N-dealkylation sites (N-methyl/N-ethyl adjacent to an activating group) is 1. The largest absolute Gasteiger partial charge is 0.507 e. The van der Waals surface area contributed by atoms with Crippen molar-refractivity contribution < 1.29 is 24.2 Å². The summed E-state index contributed by atoms with van der Waals surface area (Å²) in [6.45, 7) is 7.97. The lowest BCUT2D eigenvalue weighted by molar-refractivity contribution is -0.140. The molecule has 1 N–H and O–H groups in total. The minimum Gasteiger partial charge on any atom is -0.507 e. The Bertz CT molecular complexity index is 1330. The number of nitrogens with zero attached hydrogens (tertiary/aromatic N) is 2. The van der Waals surface area contributed by atoms with Gasteiger partial charge < -0.3 is 19.6 Å². The average Bonchev–Trinajstić information content (AvgIpc) is 3.13. The molecule has 1 unspecified atom stereocenters. The molecule has 1 fully saturated rings. The number of benzene rings is 3. The fourth-order valence-electron chi connectivity index (χ4n) is 4.62. The zero-order valence-electron chi connectivity index (χ0n) is 20.7. The van der Waals surface area contributed by atoms with Gasteiger partial charge in [-0.2, -0.15) is 0 Å². The Morgan fingerprint density at radius 1 is 0.972 bits per heavy atom. The van der Waals surface area contributed by atoms with Gasteiger partial charge in [-0.3, -0.25) is 14.4 Å². The van der Waals surface area contributed by atoms with E-state index in [-0.39, 0.29) is 11.3 Å². The molecule has 0 saturated carbocycles. The molecule has 3 aromatic carbocycles. The summed E-state index contributed by atoms with van der Waals surface area (Å²) in [5, 5.41) is 13.3. The van der Waals surface area contributed by atoms with Crippen LogP contribution < -0.4 is 4.74 Å². The van der Waals surface area contributed by atoms with Crippen molar-refractivity contribution >= 4 is 34.2 Å². The molecule has 0 bridgehead atoms. The first-order chi connectivity index (χ1) is 17.3. The molecule has 1 saturated heterocycles. The molecule has 4 rings (SSSR count). The van der Waals surface area contributed by atoms with E-state index in [0.717, 1.165) is 23.9 Å². The number of fused-ring (bicyclic) bond motifs is 1. The van der Waals surface area contributed by atoms with Gasteiger partial charge in [-0.1, -0.05) is 62.4 Å². The van der Waals surface area contributed by atoms with E-state index < -0.39 is 23.7 Å². The number of hydrogen-bond donors (Lipinski definition) is 1. The monoisotopic (exact) mass is 486 g/mol. The Hall–Kier alpha value is -3.97. The highest BCUT2D eigenvalue weighted by Gasteiger charge is 2.46. The van der Waals surface area contributed by atoms with E-state index in [1.54, 1.807) is 30.3 Å². The van der Waals surface area contributed by atoms with Crippen LogP contribution in [0.4, 0.5) is 0 Å². The van der Waals surface area contributed by atoms with Crippen LogP contribution in [-0.4, -0.2) is 58.7 Å². The van der Waals surface area contributed by atoms with Crippen LogP contribution in [0, 0.1) is 0 Å². The van der Waals surface area contributed by atoms with Gasteiger partial charge in [-0.25, -0.2) is 0 Å². The van der Waals surface area contributed by atoms with Crippen LogP contribution >= 0.6 is 0 Å². The number of amides is 1. The van der Waals surface area contributed by atoms with E-state index >= 15 is 0 Å². The molecular weight excluding hydrogens is 456 g/mol. The second kappa shape index (κ2) is 10.7. The third-order valence-electron chi connectivity index (χ3n) is 6.57. The standard InChI is InChI=1S/C29H30N2O5/c1-4-30(5-2)16-17-31-26(21-12-14-24(15-13-21)36-19(3)32)25(28(34)29(31)35)27(33)23-11-10-20-8-6-7-9-22(20)18-23/h6-15,18,26,33H,4-5,16-17H2,1-3H3/b27-25-. The van der Waals surface area contributed by atoms with E-state index in [2.05, 4.69) is 4.90 Å². The van der Waals surface area contributed by atoms with Gasteiger partial charge in [0.15, 0.2) is 0 Å². The highest BCUT2D eigenvalue weighted by molar-refractivity contribution is 6.46. The van der Waals surface area contributed by atoms with Crippen LogP contribution in [-0.2, 0) is 14.4 Å². The number of likely N-dealkylation sites (tertiary alicyclic amines) is 1. The summed E-state index contributed by atoms with van der Waals surface area (Å²) in [7, 11) is 0. The molecule has 3 aromatic rings. The van der Waals surface area contributed by atoms with Crippen molar-refractivity contribution in [3.8, 4) is 5.75 Å². The smallest absolute Gasteiger partial charge is 0.308 e. The van der Waals surface area contributed by atoms with Crippen LogP contribution in [0.5, 0.6) is 5.75 Å². The number of ketones is 1. The number of aliphatic hydroxyl groups excluding tert-OH is 1. The number of carbonyl (C=O) groups is 3. The van der Waals surface area contributed by atoms with Crippen molar-refractivity contribution in [1.29, 1.82) is 0 Å². The third-order valence-corrected chi connectivity index (χ3v) is 6.57. The maximum atomic E-state index is 13.3. The van der Waals surface area contributed by atoms with Crippen LogP contribution in [0.25, 0.3) is 16.5 Å². The lowest BCUT2D eigenvalue weighted by Crippen LogP contribution is -2.38. The molecule has 7 nitrogen and oxygen atoms in total. The van der Waals surface area contributed by atoms with Crippen molar-refractivity contribution in [3.05, 3.63) is 83.4 Å². The number of hydrogen-bond acceptors (Lipinski definition) is 6. The number of Topliss-reactive ketones (excluding diaryl/α,β-unsaturated/α-hetero) is 1. The van der Waals surface area contributed by atoms with Gasteiger partial charge in [0, 0.05) is 25.6 Å². The summed E-state index contributed by atoms with van der Waals surface area (Å²) in [6, 6.07) is 19.1. The molecule has 0 spiro atoms. The van der Waals surface area contributed by atoms with Crippen molar-refractivity contribution in [2.24, 2.45) is 0 Å². The van der Waals surface area contributed by atoms with Crippen LogP contribution in [0.3, 0.4) is 0 Å². The van der Waals surface area contributed by atoms with Crippen molar-refractivity contribution in [1.82, 2.24) is 9.80 Å². The molecule has 1 aliphatic rings. The Morgan fingerprint density at radius 3 is 2.28 bits per heavy atom. The first-order valence-corrected chi connectivity index (χ1v) is 12.1. The highest BCUT2D eigenvalue weighted by Crippen LogP contribution is 2.40. The fourth-order valence-corrected chi connectivity index (χ4v) is 4.62. The van der Waals surface area contributed by atoms with Crippen molar-refractivity contribution in [2.45, 2.75) is 26.8 Å². The fraction of sp³-hybridized carbons (Fsp3) is 0.276. The first kappa shape index (κ1) is 25.1. The normalized spacial score (nSPS) is 17.2. The predicted octanol–water partition coefficient (Wildman–Crippen LogP) is 4.53. The molecular formula is C29H30N2O5. The zero-order chi connectivity index (χ0) is 25.8. The topological polar surface area (TPSA) is 87.2 Å². The molecule has 186 valence electrons. The second-order valence-corrected chi connectivity index (χ2v) is 8.74. The van der Waals surface area contributed by atoms with Gasteiger partial charge in [0.25, 0.3) is 11.7 Å². The quantitative estimate of drug-likeness (QED) is 0.166. The van der Waals surface area contributed by atoms with Gasteiger partial charge in [0.2, 0.25) is 0 Å². The lowest BCUT2D eigenvalue weighted by Gasteiger charge is -2.28. The summed E-state index contributed by atoms with van der Waals surface area (Å²) >= 11 is 0. The molecule has 1 aliphatic heterocycles. The summed E-state index contributed by atoms with van der Waals surface area (Å²) in [5.41, 5.74) is 1.17. The Labute approximate surface area is 210 Å². The van der Waals surface area contributed by atoms with E-state index in [9.17, 15) is 19.5 Å². The van der Waals surface area contributed by atoms with E-state index in [0.29, 0.717) is 30.0 Å². The van der Waals surface area contributed by atoms with E-state index in [4.69, 9.17) is 4.74 Å². The van der Waals surface area contributed by atoms with Crippen molar-refractivity contribution in [2.75, 3.05) is 26.2 Å². The Morgan fingerprint density at radius 2 is 1.64 bits per heavy atom. The van der Waals surface area contributed by atoms with Crippen LogP contribution in [0.2, 0.25) is 0 Å². The number of carbonyl (C=O) groups excluding carboxylic acids is 3. The summed E-state index contributed by atoms with van der Waals surface area (Å²) < 4.78 is 5.14. The third kappa shape index (κ3) is 5.02. The summed E-state index contributed by atoms with van der Waals surface area (Å²) in [4.78, 5) is 41.5. The molecule has 36 heavy (non-hydrogen) atoms. The van der Waals surface area contributed by atoms with Gasteiger partial charge in [-0.15, -0.1) is 0 Å². The number of ether oxygens (including phenoxy) is 1. The lowest BCUT2D eigenvalue weighted by atomic mass is 9.94. The van der Waals surface area contributed by atoms with Crippen LogP contribution in [0.1, 0.15) is 37.9 Å². The van der Waals surface area contributed by atoms with E-state index in [1.807, 2.05) is 50.2 Å². The van der Waals surface area contributed by atoms with Crippen LogP contribution in [0.15, 0.2) is 72.3 Å². The minimum absolute atomic E-state index is 0.0510. The Kier molecular flexibility index (Phi) is 7.50. The summed E-state index contributed by atoms with van der Waals surface area (Å²) in [5.74, 6) is -1.64. The molecule has 1 amide bonds. The Balaban J connectivity index is 1.80. The zero-order valence-corrected chi connectivity index (χ0v) is 20.7. The molecule has 1 atom stereocenters. The SMILES string of the molecule is CCN(CC)CCN1C(=O)C(=O)/C(=C(\O)c2ccc3ccccc3c2)C1c1ccc(OC(C)=O)cc1. The van der Waals surface area contributed by atoms with Gasteiger partial charge in [0.05, 0.1) is 11.6 Å². The van der Waals surface area contributed by atoms with Crippen molar-refractivity contribution in [3.63, 3.8) is 0 Å². The van der Waals surface area contributed by atoms with E-state index in [1.165, 1.54) is 11.8 Å². The molecule has 1 heterocycles. The molecule has 0 aliphatic carbocycles. The average molecular weight is 487 g/mol. The highest BCUT2D eigenvalue weighted by atomic mass is 16.5. The first-order valence-electron chi connectivity index (χ1n) is 12.1. The van der Waals surface area contributed by atoms with Gasteiger partial charge in [0.1, 0.15) is 11.5 Å². The van der Waals surface area contributed by atoms with Gasteiger partial charge >= 0.3 is 5.97 Å². The maximum Gasteiger partial charge on any atom is 0.308 e. The minimum atomic E-state index is -0.765.